The van der Waals surface area contributed by atoms with Crippen LogP contribution in [0.2, 0.25) is 0 Å². The second-order valence-electron chi connectivity index (χ2n) is 7.44. The predicted molar refractivity (Wildman–Crippen MR) is 87.5 cm³/mol. The minimum Gasteiger partial charge on any atom is -0.469 e. The van der Waals surface area contributed by atoms with Crippen LogP contribution in [0.3, 0.4) is 0 Å². The lowest BCUT2D eigenvalue weighted by Crippen LogP contribution is -2.47. The van der Waals surface area contributed by atoms with Gasteiger partial charge in [0.05, 0.1) is 18.7 Å². The van der Waals surface area contributed by atoms with Crippen molar-refractivity contribution in [2.45, 2.75) is 58.0 Å². The lowest BCUT2D eigenvalue weighted by molar-refractivity contribution is -0.148. The zero-order valence-corrected chi connectivity index (χ0v) is 14.4. The highest BCUT2D eigenvalue weighted by molar-refractivity contribution is 5.94. The first-order valence-corrected chi connectivity index (χ1v) is 9.05. The summed E-state index contributed by atoms with van der Waals surface area (Å²) < 4.78 is 7.15. The molecule has 1 aliphatic heterocycles. The number of aryl methyl sites for hydroxylation is 1. The second-order valence-corrected chi connectivity index (χ2v) is 7.44. The number of nitrogens with one attached hydrogen (secondary N) is 1. The Bertz CT molecular complexity index is 681. The van der Waals surface area contributed by atoms with E-state index in [2.05, 4.69) is 14.9 Å². The van der Waals surface area contributed by atoms with Crippen LogP contribution in [0.5, 0.6) is 0 Å². The Morgan fingerprint density at radius 1 is 1.25 bits per heavy atom. The van der Waals surface area contributed by atoms with Gasteiger partial charge in [0.25, 0.3) is 5.91 Å². The largest absolute Gasteiger partial charge is 0.469 e. The predicted octanol–water partition coefficient (Wildman–Crippen LogP) is 1.85. The average Bonchev–Trinajstić information content (AvgIpc) is 3.28. The van der Waals surface area contributed by atoms with Gasteiger partial charge in [0.15, 0.2) is 0 Å². The topological polar surface area (TPSA) is 73.2 Å². The van der Waals surface area contributed by atoms with Crippen molar-refractivity contribution in [1.82, 2.24) is 14.9 Å². The minimum absolute atomic E-state index is 0.107. The zero-order valence-electron chi connectivity index (χ0n) is 14.4. The SMILES string of the molecule is COC(=O)[C@H]1[C@H]2CC[C@@H](C2)[C@@H]1NC(=O)c1nc(C)n2c1CCCC2. The minimum atomic E-state index is -0.197. The number of imidazole rings is 1. The van der Waals surface area contributed by atoms with Gasteiger partial charge in [-0.25, -0.2) is 4.98 Å². The summed E-state index contributed by atoms with van der Waals surface area (Å²) in [7, 11) is 1.43. The molecule has 1 amide bonds. The van der Waals surface area contributed by atoms with Gasteiger partial charge in [0, 0.05) is 12.6 Å². The van der Waals surface area contributed by atoms with Gasteiger partial charge in [-0.3, -0.25) is 9.59 Å². The third-order valence-corrected chi connectivity index (χ3v) is 6.21. The molecule has 2 saturated carbocycles. The van der Waals surface area contributed by atoms with Gasteiger partial charge in [-0.2, -0.15) is 0 Å². The molecule has 6 heteroatoms. The van der Waals surface area contributed by atoms with Gasteiger partial charge < -0.3 is 14.6 Å². The quantitative estimate of drug-likeness (QED) is 0.858. The van der Waals surface area contributed by atoms with Crippen molar-refractivity contribution in [3.63, 3.8) is 0 Å². The Hall–Kier alpha value is -1.85. The Morgan fingerprint density at radius 2 is 2.04 bits per heavy atom. The number of rotatable bonds is 3. The van der Waals surface area contributed by atoms with E-state index in [1.165, 1.54) is 7.11 Å². The van der Waals surface area contributed by atoms with E-state index in [1.54, 1.807) is 0 Å². The Morgan fingerprint density at radius 3 is 2.83 bits per heavy atom. The molecule has 4 rings (SSSR count). The van der Waals surface area contributed by atoms with Crippen molar-refractivity contribution >= 4 is 11.9 Å². The summed E-state index contributed by atoms with van der Waals surface area (Å²) in [5.41, 5.74) is 1.60. The number of nitrogens with zero attached hydrogens (tertiary/aromatic N) is 2. The normalized spacial score (nSPS) is 30.9. The summed E-state index contributed by atoms with van der Waals surface area (Å²) in [5.74, 6) is 1.15. The monoisotopic (exact) mass is 331 g/mol. The van der Waals surface area contributed by atoms with Gasteiger partial charge >= 0.3 is 5.97 Å². The summed E-state index contributed by atoms with van der Waals surface area (Å²) in [4.78, 5) is 29.6. The molecule has 2 heterocycles. The molecule has 2 bridgehead atoms. The molecule has 2 fully saturated rings. The highest BCUT2D eigenvalue weighted by Gasteiger charge is 2.52. The number of fused-ring (bicyclic) bond motifs is 3. The molecule has 1 aromatic rings. The highest BCUT2D eigenvalue weighted by Crippen LogP contribution is 2.49. The molecular formula is C18H25N3O3. The van der Waals surface area contributed by atoms with Crippen LogP contribution in [0.25, 0.3) is 0 Å². The number of hydrogen-bond acceptors (Lipinski definition) is 4. The van der Waals surface area contributed by atoms with Crippen LogP contribution in [0.15, 0.2) is 0 Å². The van der Waals surface area contributed by atoms with Crippen LogP contribution in [-0.4, -0.2) is 34.6 Å². The van der Waals surface area contributed by atoms with E-state index in [0.29, 0.717) is 17.5 Å². The third kappa shape index (κ3) is 2.34. The summed E-state index contributed by atoms with van der Waals surface area (Å²) >= 11 is 0. The number of methoxy groups -OCH3 is 1. The molecule has 2 aliphatic carbocycles. The first-order valence-electron chi connectivity index (χ1n) is 9.05. The Labute approximate surface area is 142 Å². The van der Waals surface area contributed by atoms with Crippen molar-refractivity contribution in [3.8, 4) is 0 Å². The van der Waals surface area contributed by atoms with E-state index in [-0.39, 0.29) is 23.8 Å². The van der Waals surface area contributed by atoms with Crippen molar-refractivity contribution < 1.29 is 14.3 Å². The van der Waals surface area contributed by atoms with Crippen molar-refractivity contribution in [1.29, 1.82) is 0 Å². The lowest BCUT2D eigenvalue weighted by atomic mass is 9.84. The van der Waals surface area contributed by atoms with Crippen molar-refractivity contribution in [2.75, 3.05) is 7.11 Å². The summed E-state index contributed by atoms with van der Waals surface area (Å²) in [6.45, 7) is 2.90. The first-order chi connectivity index (χ1) is 11.6. The van der Waals surface area contributed by atoms with E-state index < -0.39 is 0 Å². The fourth-order valence-corrected chi connectivity index (χ4v) is 5.10. The van der Waals surface area contributed by atoms with Gasteiger partial charge in [-0.1, -0.05) is 0 Å². The number of hydrogen-bond donors (Lipinski definition) is 1. The van der Waals surface area contributed by atoms with E-state index >= 15 is 0 Å². The van der Waals surface area contributed by atoms with Gasteiger partial charge in [0.2, 0.25) is 0 Å². The maximum atomic E-state index is 12.9. The number of carbonyl (C=O) groups is 2. The van der Waals surface area contributed by atoms with Gasteiger partial charge in [-0.15, -0.1) is 0 Å². The average molecular weight is 331 g/mol. The van der Waals surface area contributed by atoms with E-state index in [1.807, 2.05) is 6.92 Å². The standard InChI is InChI=1S/C18H25N3O3/c1-10-19-16(13-5-3-4-8-21(10)13)17(22)20-15-12-7-6-11(9-12)14(15)18(23)24-2/h11-12,14-15H,3-9H2,1-2H3,(H,20,22)/t11-,12-,14-,15-/m0/s1. The molecule has 0 radical (unpaired) electrons. The van der Waals surface area contributed by atoms with Gasteiger partial charge in [0.1, 0.15) is 11.5 Å². The molecule has 0 spiro atoms. The maximum absolute atomic E-state index is 12.9. The highest BCUT2D eigenvalue weighted by atomic mass is 16.5. The first kappa shape index (κ1) is 15.7. The number of esters is 1. The molecule has 130 valence electrons. The van der Waals surface area contributed by atoms with E-state index in [0.717, 1.165) is 56.6 Å². The number of aromatic nitrogens is 2. The van der Waals surface area contributed by atoms with Crippen LogP contribution < -0.4 is 5.32 Å². The van der Waals surface area contributed by atoms with Gasteiger partial charge in [-0.05, 0) is 57.3 Å². The zero-order chi connectivity index (χ0) is 16.8. The molecule has 0 unspecified atom stereocenters. The van der Waals surface area contributed by atoms with Crippen LogP contribution in [0.4, 0.5) is 0 Å². The molecule has 0 saturated heterocycles. The summed E-state index contributed by atoms with van der Waals surface area (Å²) in [6, 6.07) is -0.107. The molecule has 3 aliphatic rings. The lowest BCUT2D eigenvalue weighted by Gasteiger charge is -2.29. The molecular weight excluding hydrogens is 306 g/mol. The fraction of sp³-hybridized carbons (Fsp3) is 0.722. The molecule has 0 aromatic carbocycles. The number of amides is 1. The van der Waals surface area contributed by atoms with Crippen molar-refractivity contribution in [3.05, 3.63) is 17.2 Å². The molecule has 4 atom stereocenters. The van der Waals surface area contributed by atoms with Crippen LogP contribution in [0, 0.1) is 24.7 Å². The maximum Gasteiger partial charge on any atom is 0.311 e. The summed E-state index contributed by atoms with van der Waals surface area (Å²) in [5, 5.41) is 3.14. The molecule has 6 nitrogen and oxygen atoms in total. The van der Waals surface area contributed by atoms with Crippen LogP contribution in [0.1, 0.15) is 54.1 Å². The van der Waals surface area contributed by atoms with E-state index in [4.69, 9.17) is 4.74 Å². The second kappa shape index (κ2) is 5.90. The number of ether oxygens (including phenoxy) is 1. The van der Waals surface area contributed by atoms with Crippen LogP contribution >= 0.6 is 0 Å². The Kier molecular flexibility index (Phi) is 3.85. The fourth-order valence-electron chi connectivity index (χ4n) is 5.10. The van der Waals surface area contributed by atoms with Crippen LogP contribution in [-0.2, 0) is 22.5 Å². The molecule has 24 heavy (non-hydrogen) atoms. The Balaban J connectivity index is 1.57. The smallest absolute Gasteiger partial charge is 0.311 e. The molecule has 1 aromatic heterocycles. The third-order valence-electron chi connectivity index (χ3n) is 6.21. The van der Waals surface area contributed by atoms with E-state index in [9.17, 15) is 9.59 Å². The molecule has 1 N–H and O–H groups in total. The van der Waals surface area contributed by atoms with Crippen molar-refractivity contribution in [2.24, 2.45) is 17.8 Å². The number of carbonyl (C=O) groups excluding carboxylic acids is 2. The summed E-state index contributed by atoms with van der Waals surface area (Å²) in [6.07, 6.45) is 6.32.